The van der Waals surface area contributed by atoms with Crippen molar-refractivity contribution in [2.45, 2.75) is 31.9 Å². The smallest absolute Gasteiger partial charge is 0.127 e. The van der Waals surface area contributed by atoms with Crippen LogP contribution >= 0.6 is 11.6 Å². The summed E-state index contributed by atoms with van der Waals surface area (Å²) in [6, 6.07) is 4.76. The molecule has 3 unspecified atom stereocenters. The quantitative estimate of drug-likeness (QED) is 0.653. The number of rotatable bonds is 4. The third kappa shape index (κ3) is 3.20. The van der Waals surface area contributed by atoms with Crippen molar-refractivity contribution in [2.75, 3.05) is 6.61 Å². The molecule has 0 radical (unpaired) electrons. The minimum Gasteiger partial charge on any atom is -0.378 e. The van der Waals surface area contributed by atoms with E-state index in [2.05, 4.69) is 5.43 Å². The number of hydrogen-bond donors (Lipinski definition) is 2. The Balaban J connectivity index is 2.05. The normalized spacial score (nSPS) is 25.3. The fourth-order valence-electron chi connectivity index (χ4n) is 2.42. The Morgan fingerprint density at radius 3 is 2.94 bits per heavy atom. The molecule has 1 aliphatic heterocycles. The van der Waals surface area contributed by atoms with Crippen LogP contribution in [0.15, 0.2) is 18.2 Å². The highest BCUT2D eigenvalue weighted by Gasteiger charge is 2.29. The summed E-state index contributed by atoms with van der Waals surface area (Å²) >= 11 is 5.73. The van der Waals surface area contributed by atoms with Crippen molar-refractivity contribution in [1.82, 2.24) is 5.43 Å². The average molecular weight is 273 g/mol. The van der Waals surface area contributed by atoms with E-state index in [1.165, 1.54) is 6.07 Å². The van der Waals surface area contributed by atoms with E-state index in [-0.39, 0.29) is 18.0 Å². The molecule has 0 amide bonds. The third-order valence-electron chi connectivity index (χ3n) is 3.47. The fraction of sp³-hybridized carbons (Fsp3) is 0.538. The van der Waals surface area contributed by atoms with Crippen LogP contribution in [-0.2, 0) is 11.2 Å². The summed E-state index contributed by atoms with van der Waals surface area (Å²) < 4.78 is 19.3. The van der Waals surface area contributed by atoms with Crippen LogP contribution < -0.4 is 11.3 Å². The average Bonchev–Trinajstić information content (AvgIpc) is 2.75. The Morgan fingerprint density at radius 2 is 2.39 bits per heavy atom. The molecule has 3 N–H and O–H groups in total. The Kier molecular flexibility index (Phi) is 4.56. The summed E-state index contributed by atoms with van der Waals surface area (Å²) in [5.41, 5.74) is 3.40. The van der Waals surface area contributed by atoms with E-state index in [1.807, 2.05) is 6.92 Å². The van der Waals surface area contributed by atoms with Gasteiger partial charge in [-0.05, 0) is 37.5 Å². The molecule has 1 aliphatic rings. The predicted molar refractivity (Wildman–Crippen MR) is 69.7 cm³/mol. The summed E-state index contributed by atoms with van der Waals surface area (Å²) in [5.74, 6) is 5.61. The van der Waals surface area contributed by atoms with Crippen LogP contribution in [0, 0.1) is 11.7 Å². The van der Waals surface area contributed by atoms with Gasteiger partial charge in [-0.25, -0.2) is 4.39 Å². The van der Waals surface area contributed by atoms with Crippen molar-refractivity contribution in [3.8, 4) is 0 Å². The van der Waals surface area contributed by atoms with E-state index in [0.717, 1.165) is 6.42 Å². The number of nitrogens with one attached hydrogen (secondary N) is 1. The van der Waals surface area contributed by atoms with Crippen molar-refractivity contribution in [2.24, 2.45) is 11.8 Å². The minimum atomic E-state index is -0.283. The molecular weight excluding hydrogens is 255 g/mol. The lowest BCUT2D eigenvalue weighted by Gasteiger charge is -2.21. The van der Waals surface area contributed by atoms with E-state index in [4.69, 9.17) is 22.2 Å². The topological polar surface area (TPSA) is 47.3 Å². The molecule has 1 aromatic rings. The highest BCUT2D eigenvalue weighted by molar-refractivity contribution is 6.30. The second kappa shape index (κ2) is 5.97. The highest BCUT2D eigenvalue weighted by Crippen LogP contribution is 2.25. The van der Waals surface area contributed by atoms with Crippen molar-refractivity contribution in [1.29, 1.82) is 0 Å². The van der Waals surface area contributed by atoms with Gasteiger partial charge in [-0.15, -0.1) is 0 Å². The zero-order valence-electron chi connectivity index (χ0n) is 10.3. The van der Waals surface area contributed by atoms with Crippen LogP contribution in [0.25, 0.3) is 0 Å². The molecule has 1 fully saturated rings. The van der Waals surface area contributed by atoms with E-state index in [0.29, 0.717) is 29.5 Å². The molecule has 0 bridgehead atoms. The molecular formula is C13H18ClFN2O. The molecule has 1 heterocycles. The van der Waals surface area contributed by atoms with Gasteiger partial charge in [-0.3, -0.25) is 11.3 Å². The zero-order valence-corrected chi connectivity index (χ0v) is 11.1. The van der Waals surface area contributed by atoms with Crippen molar-refractivity contribution in [3.63, 3.8) is 0 Å². The van der Waals surface area contributed by atoms with Gasteiger partial charge in [0.2, 0.25) is 0 Å². The van der Waals surface area contributed by atoms with Crippen LogP contribution in [0.3, 0.4) is 0 Å². The van der Waals surface area contributed by atoms with Gasteiger partial charge in [-0.1, -0.05) is 17.7 Å². The minimum absolute atomic E-state index is 0.0191. The summed E-state index contributed by atoms with van der Waals surface area (Å²) in [5, 5.41) is 0.409. The van der Waals surface area contributed by atoms with Gasteiger partial charge in [0.15, 0.2) is 0 Å². The van der Waals surface area contributed by atoms with Crippen LogP contribution in [0.5, 0.6) is 0 Å². The molecule has 0 spiro atoms. The van der Waals surface area contributed by atoms with Crippen molar-refractivity contribution < 1.29 is 9.13 Å². The number of benzene rings is 1. The SMILES string of the molecule is CC1CC(C(Cc2ccc(Cl)cc2F)NN)CO1. The second-order valence-electron chi connectivity index (χ2n) is 4.85. The lowest BCUT2D eigenvalue weighted by Crippen LogP contribution is -2.43. The predicted octanol–water partition coefficient (Wildman–Crippen LogP) is 2.28. The van der Waals surface area contributed by atoms with Crippen LogP contribution in [0.1, 0.15) is 18.9 Å². The zero-order chi connectivity index (χ0) is 13.1. The molecule has 0 saturated carbocycles. The Morgan fingerprint density at radius 1 is 1.61 bits per heavy atom. The molecule has 1 aromatic carbocycles. The van der Waals surface area contributed by atoms with Crippen molar-refractivity contribution in [3.05, 3.63) is 34.6 Å². The first-order valence-electron chi connectivity index (χ1n) is 6.11. The fourth-order valence-corrected chi connectivity index (χ4v) is 2.58. The van der Waals surface area contributed by atoms with Gasteiger partial charge >= 0.3 is 0 Å². The van der Waals surface area contributed by atoms with Gasteiger partial charge in [0.25, 0.3) is 0 Å². The van der Waals surface area contributed by atoms with E-state index < -0.39 is 0 Å². The molecule has 1 saturated heterocycles. The van der Waals surface area contributed by atoms with E-state index in [9.17, 15) is 4.39 Å². The summed E-state index contributed by atoms with van der Waals surface area (Å²) in [6.45, 7) is 2.71. The maximum absolute atomic E-state index is 13.7. The monoisotopic (exact) mass is 272 g/mol. The van der Waals surface area contributed by atoms with E-state index >= 15 is 0 Å². The molecule has 0 aliphatic carbocycles. The van der Waals surface area contributed by atoms with Gasteiger partial charge in [0, 0.05) is 17.0 Å². The summed E-state index contributed by atoms with van der Waals surface area (Å²) in [6.07, 6.45) is 1.74. The molecule has 3 atom stereocenters. The van der Waals surface area contributed by atoms with Gasteiger partial charge in [-0.2, -0.15) is 0 Å². The van der Waals surface area contributed by atoms with Crippen LogP contribution in [0.2, 0.25) is 5.02 Å². The second-order valence-corrected chi connectivity index (χ2v) is 5.29. The molecule has 18 heavy (non-hydrogen) atoms. The van der Waals surface area contributed by atoms with Gasteiger partial charge in [0.1, 0.15) is 5.82 Å². The number of hydrazine groups is 1. The molecule has 3 nitrogen and oxygen atoms in total. The summed E-state index contributed by atoms with van der Waals surface area (Å²) in [4.78, 5) is 0. The molecule has 2 rings (SSSR count). The first kappa shape index (κ1) is 13.7. The maximum Gasteiger partial charge on any atom is 0.127 e. The first-order valence-corrected chi connectivity index (χ1v) is 6.49. The summed E-state index contributed by atoms with van der Waals surface area (Å²) in [7, 11) is 0. The lowest BCUT2D eigenvalue weighted by molar-refractivity contribution is 0.116. The Hall–Kier alpha value is -0.680. The Labute approximate surface area is 111 Å². The van der Waals surface area contributed by atoms with Gasteiger partial charge < -0.3 is 4.74 Å². The largest absolute Gasteiger partial charge is 0.378 e. The van der Waals surface area contributed by atoms with Gasteiger partial charge in [0.05, 0.1) is 12.7 Å². The van der Waals surface area contributed by atoms with Crippen LogP contribution in [-0.4, -0.2) is 18.8 Å². The molecule has 100 valence electrons. The third-order valence-corrected chi connectivity index (χ3v) is 3.70. The van der Waals surface area contributed by atoms with E-state index in [1.54, 1.807) is 12.1 Å². The standard InChI is InChI=1S/C13H18ClFN2O/c1-8-4-10(7-18-8)13(17-16)5-9-2-3-11(14)6-12(9)15/h2-3,6,8,10,13,17H,4-5,7,16H2,1H3. The number of halogens is 2. The number of nitrogens with two attached hydrogens (primary N) is 1. The maximum atomic E-state index is 13.7. The number of hydrogen-bond acceptors (Lipinski definition) is 3. The lowest BCUT2D eigenvalue weighted by atomic mass is 9.92. The first-order chi connectivity index (χ1) is 8.60. The van der Waals surface area contributed by atoms with Crippen molar-refractivity contribution >= 4 is 11.6 Å². The molecule has 5 heteroatoms. The van der Waals surface area contributed by atoms with Crippen LogP contribution in [0.4, 0.5) is 4.39 Å². The molecule has 0 aromatic heterocycles. The highest BCUT2D eigenvalue weighted by atomic mass is 35.5. The Bertz CT molecular complexity index is 416. The number of ether oxygens (including phenoxy) is 1.